The van der Waals surface area contributed by atoms with Crippen molar-refractivity contribution in [2.24, 2.45) is 5.10 Å². The molecule has 0 aliphatic heterocycles. The highest BCUT2D eigenvalue weighted by Crippen LogP contribution is 2.27. The van der Waals surface area contributed by atoms with Gasteiger partial charge in [-0.25, -0.2) is 10.2 Å². The number of ether oxygens (including phenoxy) is 1. The molecule has 6 heteroatoms. The van der Waals surface area contributed by atoms with Crippen molar-refractivity contribution in [3.63, 3.8) is 0 Å². The Morgan fingerprint density at radius 1 is 0.867 bits per heavy atom. The fourth-order valence-electron chi connectivity index (χ4n) is 2.95. The van der Waals surface area contributed by atoms with E-state index in [-0.39, 0.29) is 5.91 Å². The Morgan fingerprint density at radius 2 is 1.63 bits per heavy atom. The molecule has 0 radical (unpaired) electrons. The molecule has 0 atom stereocenters. The molecule has 1 N–H and O–H groups in total. The quantitative estimate of drug-likeness (QED) is 0.237. The van der Waals surface area contributed by atoms with Crippen LogP contribution in [0.4, 0.5) is 0 Å². The molecule has 30 heavy (non-hydrogen) atoms. The van der Waals surface area contributed by atoms with Crippen LogP contribution in [0.15, 0.2) is 96.4 Å². The summed E-state index contributed by atoms with van der Waals surface area (Å²) in [4.78, 5) is 28.6. The van der Waals surface area contributed by atoms with E-state index >= 15 is 0 Å². The lowest BCUT2D eigenvalue weighted by Crippen LogP contribution is -2.18. The van der Waals surface area contributed by atoms with Crippen molar-refractivity contribution in [3.05, 3.63) is 108 Å². The summed E-state index contributed by atoms with van der Waals surface area (Å²) in [6.45, 7) is 0. The van der Waals surface area contributed by atoms with Gasteiger partial charge in [-0.2, -0.15) is 5.10 Å². The van der Waals surface area contributed by atoms with Gasteiger partial charge in [0.25, 0.3) is 5.91 Å². The molecule has 0 aliphatic carbocycles. The zero-order valence-corrected chi connectivity index (χ0v) is 15.9. The van der Waals surface area contributed by atoms with E-state index in [0.29, 0.717) is 22.4 Å². The number of carbonyl (C=O) groups is 2. The molecule has 0 unspecified atom stereocenters. The van der Waals surface area contributed by atoms with Gasteiger partial charge >= 0.3 is 5.97 Å². The summed E-state index contributed by atoms with van der Waals surface area (Å²) in [7, 11) is 0. The first kappa shape index (κ1) is 19.0. The Balaban J connectivity index is 1.64. The predicted octanol–water partition coefficient (Wildman–Crippen LogP) is 4.22. The Hall–Kier alpha value is -4.32. The number of rotatable bonds is 5. The first-order valence-corrected chi connectivity index (χ1v) is 9.25. The smallest absolute Gasteiger partial charge is 0.343 e. The van der Waals surface area contributed by atoms with Gasteiger partial charge in [-0.15, -0.1) is 0 Å². The van der Waals surface area contributed by atoms with E-state index in [9.17, 15) is 9.59 Å². The molecule has 4 aromatic rings. The molecular weight excluding hydrogens is 378 g/mol. The largest absolute Gasteiger partial charge is 0.422 e. The van der Waals surface area contributed by atoms with Crippen molar-refractivity contribution < 1.29 is 14.3 Å². The van der Waals surface area contributed by atoms with E-state index in [1.54, 1.807) is 48.7 Å². The first-order valence-electron chi connectivity index (χ1n) is 9.25. The van der Waals surface area contributed by atoms with Crippen LogP contribution in [0.3, 0.4) is 0 Å². The number of aromatic nitrogens is 1. The van der Waals surface area contributed by atoms with E-state index < -0.39 is 5.97 Å². The second-order valence-electron chi connectivity index (χ2n) is 6.39. The summed E-state index contributed by atoms with van der Waals surface area (Å²) in [5.74, 6) is -0.510. The lowest BCUT2D eigenvalue weighted by molar-refractivity contribution is 0.0734. The van der Waals surface area contributed by atoms with Gasteiger partial charge in [-0.1, -0.05) is 48.5 Å². The molecule has 1 aromatic heterocycles. The topological polar surface area (TPSA) is 80.6 Å². The summed E-state index contributed by atoms with van der Waals surface area (Å²) >= 11 is 0. The first-order chi connectivity index (χ1) is 14.7. The number of nitrogens with zero attached hydrogens (tertiary/aromatic N) is 2. The molecule has 0 spiro atoms. The van der Waals surface area contributed by atoms with Gasteiger partial charge in [-0.05, 0) is 41.1 Å². The summed E-state index contributed by atoms with van der Waals surface area (Å²) in [6.07, 6.45) is 4.52. The normalized spacial score (nSPS) is 10.8. The van der Waals surface area contributed by atoms with Crippen LogP contribution in [-0.4, -0.2) is 23.1 Å². The van der Waals surface area contributed by atoms with Crippen molar-refractivity contribution >= 4 is 28.9 Å². The van der Waals surface area contributed by atoms with Crippen molar-refractivity contribution in [1.82, 2.24) is 10.4 Å². The minimum absolute atomic E-state index is 0.349. The summed E-state index contributed by atoms with van der Waals surface area (Å²) < 4.78 is 5.63. The SMILES string of the molecule is O=C(N/N=C\c1c(OC(=O)c2ccccc2)ccc2ccccc12)c1cccnc1. The Kier molecular flexibility index (Phi) is 5.57. The number of nitrogens with one attached hydrogen (secondary N) is 1. The minimum atomic E-state index is -0.472. The van der Waals surface area contributed by atoms with E-state index in [2.05, 4.69) is 15.5 Å². The van der Waals surface area contributed by atoms with Gasteiger partial charge in [0.1, 0.15) is 5.75 Å². The fraction of sp³-hybridized carbons (Fsp3) is 0. The van der Waals surface area contributed by atoms with E-state index in [1.807, 2.05) is 36.4 Å². The lowest BCUT2D eigenvalue weighted by Gasteiger charge is -2.10. The van der Waals surface area contributed by atoms with Crippen molar-refractivity contribution in [2.45, 2.75) is 0 Å². The van der Waals surface area contributed by atoms with Crippen molar-refractivity contribution in [3.8, 4) is 5.75 Å². The van der Waals surface area contributed by atoms with Crippen LogP contribution in [0, 0.1) is 0 Å². The third-order valence-corrected chi connectivity index (χ3v) is 4.43. The zero-order chi connectivity index (χ0) is 20.8. The Morgan fingerprint density at radius 3 is 2.43 bits per heavy atom. The second kappa shape index (κ2) is 8.79. The van der Waals surface area contributed by atoms with Gasteiger partial charge in [0, 0.05) is 18.0 Å². The third-order valence-electron chi connectivity index (χ3n) is 4.43. The molecule has 0 bridgehead atoms. The minimum Gasteiger partial charge on any atom is -0.422 e. The van der Waals surface area contributed by atoms with Crippen LogP contribution >= 0.6 is 0 Å². The molecule has 3 aromatic carbocycles. The average Bonchev–Trinajstić information content (AvgIpc) is 2.81. The highest BCUT2D eigenvalue weighted by Gasteiger charge is 2.13. The molecule has 6 nitrogen and oxygen atoms in total. The number of hydrogen-bond acceptors (Lipinski definition) is 5. The van der Waals surface area contributed by atoms with Gasteiger partial charge in [0.2, 0.25) is 0 Å². The molecule has 0 aliphatic rings. The molecule has 146 valence electrons. The van der Waals surface area contributed by atoms with Crippen LogP contribution in [0.1, 0.15) is 26.3 Å². The Labute approximate surface area is 172 Å². The van der Waals surface area contributed by atoms with Crippen LogP contribution in [0.2, 0.25) is 0 Å². The highest BCUT2D eigenvalue weighted by atomic mass is 16.5. The Bertz CT molecular complexity index is 1220. The number of amides is 1. The number of esters is 1. The number of hydrazone groups is 1. The molecule has 1 amide bonds. The lowest BCUT2D eigenvalue weighted by atomic mass is 10.0. The molecule has 0 saturated carbocycles. The zero-order valence-electron chi connectivity index (χ0n) is 15.9. The van der Waals surface area contributed by atoms with Crippen LogP contribution in [-0.2, 0) is 0 Å². The standard InChI is InChI=1S/C24H17N3O3/c28-23(19-10-6-14-25-15-19)27-26-16-21-20-11-5-4-7-17(20)12-13-22(21)30-24(29)18-8-2-1-3-9-18/h1-16H,(H,27,28)/b26-16-. The van der Waals surface area contributed by atoms with Crippen LogP contribution < -0.4 is 10.2 Å². The molecule has 1 heterocycles. The molecular formula is C24H17N3O3. The number of benzene rings is 3. The second-order valence-corrected chi connectivity index (χ2v) is 6.39. The van der Waals surface area contributed by atoms with Gasteiger partial charge in [-0.3, -0.25) is 9.78 Å². The maximum Gasteiger partial charge on any atom is 0.343 e. The van der Waals surface area contributed by atoms with Gasteiger partial charge in [0.05, 0.1) is 17.3 Å². The number of fused-ring (bicyclic) bond motifs is 1. The predicted molar refractivity (Wildman–Crippen MR) is 115 cm³/mol. The average molecular weight is 395 g/mol. The molecule has 0 fully saturated rings. The monoisotopic (exact) mass is 395 g/mol. The molecule has 4 rings (SSSR count). The van der Waals surface area contributed by atoms with Crippen LogP contribution in [0.25, 0.3) is 10.8 Å². The van der Waals surface area contributed by atoms with E-state index in [0.717, 1.165) is 10.8 Å². The van der Waals surface area contributed by atoms with Gasteiger partial charge < -0.3 is 4.74 Å². The fourth-order valence-corrected chi connectivity index (χ4v) is 2.95. The third kappa shape index (κ3) is 4.23. The number of carbonyl (C=O) groups excluding carboxylic acids is 2. The summed E-state index contributed by atoms with van der Waals surface area (Å²) in [6, 6.07) is 23.3. The van der Waals surface area contributed by atoms with Crippen molar-refractivity contribution in [2.75, 3.05) is 0 Å². The van der Waals surface area contributed by atoms with E-state index in [1.165, 1.54) is 12.4 Å². The number of hydrogen-bond donors (Lipinski definition) is 1. The number of pyridine rings is 1. The molecule has 0 saturated heterocycles. The van der Waals surface area contributed by atoms with Gasteiger partial charge in [0.15, 0.2) is 0 Å². The summed E-state index contributed by atoms with van der Waals surface area (Å²) in [5, 5.41) is 5.86. The summed E-state index contributed by atoms with van der Waals surface area (Å²) in [5.41, 5.74) is 3.90. The van der Waals surface area contributed by atoms with E-state index in [4.69, 9.17) is 4.74 Å². The maximum absolute atomic E-state index is 12.5. The maximum atomic E-state index is 12.5. The highest BCUT2D eigenvalue weighted by molar-refractivity contribution is 6.04. The van der Waals surface area contributed by atoms with Crippen LogP contribution in [0.5, 0.6) is 5.75 Å². The van der Waals surface area contributed by atoms with Crippen molar-refractivity contribution in [1.29, 1.82) is 0 Å².